The summed E-state index contributed by atoms with van der Waals surface area (Å²) < 4.78 is 42.2. The van der Waals surface area contributed by atoms with Crippen LogP contribution >= 0.6 is 0 Å². The van der Waals surface area contributed by atoms with E-state index in [4.69, 9.17) is 4.74 Å². The Kier molecular flexibility index (Phi) is 7.79. The number of para-hydroxylation sites is 2. The van der Waals surface area contributed by atoms with E-state index >= 15 is 0 Å². The van der Waals surface area contributed by atoms with E-state index in [-0.39, 0.29) is 17.9 Å². The van der Waals surface area contributed by atoms with Gasteiger partial charge in [-0.1, -0.05) is 30.3 Å². The molecule has 3 amide bonds. The Hall–Kier alpha value is -3.56. The van der Waals surface area contributed by atoms with Gasteiger partial charge < -0.3 is 20.7 Å². The highest BCUT2D eigenvalue weighted by molar-refractivity contribution is 6.05. The van der Waals surface area contributed by atoms with Crippen molar-refractivity contribution in [2.75, 3.05) is 18.5 Å². The lowest BCUT2D eigenvalue weighted by molar-refractivity contribution is -0.127. The molecule has 30 heavy (non-hydrogen) atoms. The summed E-state index contributed by atoms with van der Waals surface area (Å²) in [5.74, 6) is -1.70. The number of hydrogen-bond donors (Lipinski definition) is 3. The maximum atomic E-state index is 12.3. The van der Waals surface area contributed by atoms with Gasteiger partial charge in [0.05, 0.1) is 11.3 Å². The predicted octanol–water partition coefficient (Wildman–Crippen LogP) is 2.50. The summed E-state index contributed by atoms with van der Waals surface area (Å²) in [6.07, 6.45) is -4.56. The number of alkyl halides is 3. The highest BCUT2D eigenvalue weighted by Crippen LogP contribution is 2.17. The highest BCUT2D eigenvalue weighted by Gasteiger charge is 2.28. The van der Waals surface area contributed by atoms with Gasteiger partial charge in [-0.3, -0.25) is 14.4 Å². The van der Waals surface area contributed by atoms with Crippen molar-refractivity contribution in [1.29, 1.82) is 0 Å². The molecule has 0 aliphatic rings. The molecule has 0 fully saturated rings. The maximum Gasteiger partial charge on any atom is 0.405 e. The molecule has 0 spiro atoms. The molecule has 0 saturated carbocycles. The minimum Gasteiger partial charge on any atom is -0.484 e. The zero-order valence-corrected chi connectivity index (χ0v) is 16.0. The van der Waals surface area contributed by atoms with Crippen molar-refractivity contribution in [1.82, 2.24) is 10.6 Å². The Morgan fingerprint density at radius 3 is 2.30 bits per heavy atom. The average Bonchev–Trinajstić information content (AvgIpc) is 2.71. The van der Waals surface area contributed by atoms with E-state index in [0.29, 0.717) is 5.75 Å². The summed E-state index contributed by atoms with van der Waals surface area (Å²) >= 11 is 0. The number of rotatable bonds is 8. The largest absolute Gasteiger partial charge is 0.484 e. The van der Waals surface area contributed by atoms with E-state index in [9.17, 15) is 27.6 Å². The highest BCUT2D eigenvalue weighted by atomic mass is 19.4. The van der Waals surface area contributed by atoms with Crippen molar-refractivity contribution in [3.8, 4) is 5.75 Å². The van der Waals surface area contributed by atoms with Crippen LogP contribution in [0.25, 0.3) is 0 Å². The van der Waals surface area contributed by atoms with E-state index in [2.05, 4.69) is 10.6 Å². The van der Waals surface area contributed by atoms with Crippen molar-refractivity contribution < 1.29 is 32.3 Å². The normalized spacial score (nSPS) is 11.9. The van der Waals surface area contributed by atoms with Crippen LogP contribution in [-0.4, -0.2) is 43.1 Å². The first-order valence-electron chi connectivity index (χ1n) is 8.88. The monoisotopic (exact) mass is 423 g/mol. The van der Waals surface area contributed by atoms with Gasteiger partial charge in [0.1, 0.15) is 18.3 Å². The van der Waals surface area contributed by atoms with Gasteiger partial charge >= 0.3 is 6.18 Å². The molecule has 0 heterocycles. The summed E-state index contributed by atoms with van der Waals surface area (Å²) in [5.41, 5.74) is -0.121. The number of halogens is 3. The minimum atomic E-state index is -4.56. The first-order chi connectivity index (χ1) is 14.2. The fraction of sp³-hybridized carbons (Fsp3) is 0.250. The lowest BCUT2D eigenvalue weighted by Crippen LogP contribution is -2.43. The van der Waals surface area contributed by atoms with Gasteiger partial charge in [-0.15, -0.1) is 0 Å². The molecule has 0 aliphatic heterocycles. The lowest BCUT2D eigenvalue weighted by atomic mass is 10.1. The van der Waals surface area contributed by atoms with Crippen molar-refractivity contribution in [2.24, 2.45) is 0 Å². The van der Waals surface area contributed by atoms with Crippen LogP contribution in [0.4, 0.5) is 18.9 Å². The maximum absolute atomic E-state index is 12.3. The first kappa shape index (κ1) is 22.7. The molecule has 0 aliphatic carbocycles. The van der Waals surface area contributed by atoms with Crippen LogP contribution in [0.3, 0.4) is 0 Å². The van der Waals surface area contributed by atoms with Crippen molar-refractivity contribution in [2.45, 2.75) is 19.1 Å². The smallest absolute Gasteiger partial charge is 0.405 e. The molecular formula is C20H20F3N3O4. The summed E-state index contributed by atoms with van der Waals surface area (Å²) in [6.45, 7) is -0.387. The van der Waals surface area contributed by atoms with Gasteiger partial charge in [-0.25, -0.2) is 0 Å². The number of ether oxygens (including phenoxy) is 1. The Labute approximate surface area is 170 Å². The molecule has 2 rings (SSSR count). The fourth-order valence-electron chi connectivity index (χ4n) is 2.32. The van der Waals surface area contributed by atoms with Gasteiger partial charge in [0.15, 0.2) is 6.61 Å². The van der Waals surface area contributed by atoms with E-state index in [1.54, 1.807) is 35.6 Å². The standard InChI is InChI=1S/C20H20F3N3O4/c1-13(25-17(27)11-30-14-7-3-2-4-8-14)18(28)26-16-10-6-5-9-15(16)19(29)24-12-20(21,22)23/h2-10,13H,11-12H2,1H3,(H,24,29)(H,25,27)(H,26,28). The Morgan fingerprint density at radius 1 is 1.00 bits per heavy atom. The van der Waals surface area contributed by atoms with E-state index in [1.807, 2.05) is 0 Å². The third-order valence-electron chi connectivity index (χ3n) is 3.76. The Morgan fingerprint density at radius 2 is 1.63 bits per heavy atom. The number of benzene rings is 2. The molecule has 0 aromatic heterocycles. The second-order valence-electron chi connectivity index (χ2n) is 6.22. The molecule has 1 unspecified atom stereocenters. The SMILES string of the molecule is CC(NC(=O)COc1ccccc1)C(=O)Nc1ccccc1C(=O)NCC(F)(F)F. The quantitative estimate of drug-likeness (QED) is 0.608. The minimum absolute atomic E-state index is 0.0174. The van der Waals surface area contributed by atoms with Crippen LogP contribution in [0, 0.1) is 0 Å². The Balaban J connectivity index is 1.91. The number of anilines is 1. The average molecular weight is 423 g/mol. The summed E-state index contributed by atoms with van der Waals surface area (Å²) in [6, 6.07) is 13.2. The van der Waals surface area contributed by atoms with Gasteiger partial charge in [0, 0.05) is 0 Å². The molecule has 3 N–H and O–H groups in total. The fourth-order valence-corrected chi connectivity index (χ4v) is 2.32. The summed E-state index contributed by atoms with van der Waals surface area (Å²) in [7, 11) is 0. The lowest BCUT2D eigenvalue weighted by Gasteiger charge is -2.16. The number of amides is 3. The predicted molar refractivity (Wildman–Crippen MR) is 103 cm³/mol. The van der Waals surface area contributed by atoms with Crippen LogP contribution in [0.2, 0.25) is 0 Å². The third kappa shape index (κ3) is 7.46. The first-order valence-corrected chi connectivity index (χ1v) is 8.88. The molecule has 0 saturated heterocycles. The van der Waals surface area contributed by atoms with E-state index in [1.165, 1.54) is 31.2 Å². The van der Waals surface area contributed by atoms with E-state index in [0.717, 1.165) is 0 Å². The van der Waals surface area contributed by atoms with Crippen LogP contribution in [-0.2, 0) is 9.59 Å². The van der Waals surface area contributed by atoms with Gasteiger partial charge in [-0.2, -0.15) is 13.2 Å². The summed E-state index contributed by atoms with van der Waals surface area (Å²) in [4.78, 5) is 36.3. The van der Waals surface area contributed by atoms with Gasteiger partial charge in [0.25, 0.3) is 11.8 Å². The second kappa shape index (κ2) is 10.3. The number of hydrogen-bond acceptors (Lipinski definition) is 4. The van der Waals surface area contributed by atoms with E-state index < -0.39 is 36.5 Å². The molecule has 10 heteroatoms. The molecule has 160 valence electrons. The zero-order valence-electron chi connectivity index (χ0n) is 16.0. The molecule has 1 atom stereocenters. The molecule has 2 aromatic carbocycles. The second-order valence-corrected chi connectivity index (χ2v) is 6.22. The summed E-state index contributed by atoms with van der Waals surface area (Å²) in [5, 5.41) is 6.61. The van der Waals surface area contributed by atoms with Crippen LogP contribution in [0.1, 0.15) is 17.3 Å². The number of carbonyl (C=O) groups is 3. The van der Waals surface area contributed by atoms with Gasteiger partial charge in [-0.05, 0) is 31.2 Å². The number of carbonyl (C=O) groups excluding carboxylic acids is 3. The van der Waals surface area contributed by atoms with Crippen molar-refractivity contribution in [3.05, 3.63) is 60.2 Å². The molecular weight excluding hydrogens is 403 g/mol. The van der Waals surface area contributed by atoms with Crippen molar-refractivity contribution >= 4 is 23.4 Å². The molecule has 7 nitrogen and oxygen atoms in total. The number of nitrogens with one attached hydrogen (secondary N) is 3. The molecule has 0 radical (unpaired) electrons. The van der Waals surface area contributed by atoms with Crippen LogP contribution in [0.5, 0.6) is 5.75 Å². The third-order valence-corrected chi connectivity index (χ3v) is 3.76. The van der Waals surface area contributed by atoms with Gasteiger partial charge in [0.2, 0.25) is 5.91 Å². The molecule has 0 bridgehead atoms. The topological polar surface area (TPSA) is 96.5 Å². The zero-order chi connectivity index (χ0) is 22.1. The van der Waals surface area contributed by atoms with Crippen LogP contribution in [0.15, 0.2) is 54.6 Å². The van der Waals surface area contributed by atoms with Crippen LogP contribution < -0.4 is 20.7 Å². The molecule has 2 aromatic rings. The van der Waals surface area contributed by atoms with Crippen molar-refractivity contribution in [3.63, 3.8) is 0 Å². The Bertz CT molecular complexity index is 888.